The molecule has 0 aliphatic carbocycles. The monoisotopic (exact) mass is 499 g/mol. The summed E-state index contributed by atoms with van der Waals surface area (Å²) in [6.07, 6.45) is -4.00. The Labute approximate surface area is 206 Å². The molecule has 3 aromatic rings. The Morgan fingerprint density at radius 2 is 1.67 bits per heavy atom. The lowest BCUT2D eigenvalue weighted by molar-refractivity contribution is -0.231. The molecule has 2 fully saturated rings. The first-order valence-electron chi connectivity index (χ1n) is 11.9. The molecule has 10 nitrogen and oxygen atoms in total. The smallest absolute Gasteiger partial charge is 0.200 e. The lowest BCUT2D eigenvalue weighted by Gasteiger charge is -2.40. The molecule has 0 unspecified atom stereocenters. The van der Waals surface area contributed by atoms with Gasteiger partial charge in [-0.2, -0.15) is 0 Å². The second kappa shape index (κ2) is 9.81. The number of nitrogens with zero attached hydrogens (tertiary/aromatic N) is 1. The zero-order valence-electron chi connectivity index (χ0n) is 19.4. The molecule has 2 saturated heterocycles. The van der Waals surface area contributed by atoms with Crippen LogP contribution in [0.3, 0.4) is 0 Å². The highest BCUT2D eigenvalue weighted by Crippen LogP contribution is 2.40. The van der Waals surface area contributed by atoms with Crippen molar-refractivity contribution in [1.29, 1.82) is 0 Å². The van der Waals surface area contributed by atoms with Gasteiger partial charge in [0.2, 0.25) is 5.43 Å². The second-order valence-corrected chi connectivity index (χ2v) is 9.43. The van der Waals surface area contributed by atoms with E-state index in [9.17, 15) is 35.4 Å². The highest BCUT2D eigenvalue weighted by molar-refractivity contribution is 5.86. The molecule has 2 aliphatic heterocycles. The van der Waals surface area contributed by atoms with Crippen molar-refractivity contribution < 1.29 is 39.8 Å². The maximum atomic E-state index is 13.5. The number of hydrogen-bond donors (Lipinski definition) is 6. The van der Waals surface area contributed by atoms with Gasteiger partial charge in [0.05, 0.1) is 23.1 Å². The molecule has 0 radical (unpaired) electrons. The fourth-order valence-corrected chi connectivity index (χ4v) is 5.09. The van der Waals surface area contributed by atoms with Gasteiger partial charge >= 0.3 is 0 Å². The zero-order chi connectivity index (χ0) is 25.6. The molecule has 36 heavy (non-hydrogen) atoms. The Hall–Kier alpha value is -2.99. The fraction of sp³-hybridized carbons (Fsp3) is 0.423. The number of likely N-dealkylation sites (tertiary alicyclic amines) is 1. The van der Waals surface area contributed by atoms with Crippen molar-refractivity contribution in [2.24, 2.45) is 0 Å². The average Bonchev–Trinajstić information content (AvgIpc) is 3.38. The first-order chi connectivity index (χ1) is 17.3. The van der Waals surface area contributed by atoms with E-state index in [4.69, 9.17) is 9.15 Å². The number of aliphatic hydroxyl groups is 4. The first-order valence-corrected chi connectivity index (χ1v) is 11.9. The molecular weight excluding hydrogens is 470 g/mol. The third-order valence-corrected chi connectivity index (χ3v) is 7.12. The van der Waals surface area contributed by atoms with E-state index >= 15 is 0 Å². The van der Waals surface area contributed by atoms with Gasteiger partial charge in [0, 0.05) is 12.1 Å². The maximum absolute atomic E-state index is 13.5. The Balaban J connectivity index is 1.57. The van der Waals surface area contributed by atoms with Crippen LogP contribution in [0.1, 0.15) is 30.1 Å². The standard InChI is InChI=1S/C26H29NO9/c28-11-19-22(32)23(33)24(34)26(36-19)20-18(30)6-4-15-21(31)16(12-35-25(15)20)13-3-5-17(29)14(9-13)10-27-7-1-2-8-27/h3-6,9,12,19,22-24,26,28-30,32-34H,1-2,7-8,10-11H2/t19-,22-,23+,24-,26+/m1/s1. The highest BCUT2D eigenvalue weighted by atomic mass is 16.5. The van der Waals surface area contributed by atoms with Gasteiger partial charge in [0.1, 0.15) is 53.9 Å². The third kappa shape index (κ3) is 4.26. The molecule has 1 aromatic heterocycles. The van der Waals surface area contributed by atoms with Crippen LogP contribution < -0.4 is 5.43 Å². The van der Waals surface area contributed by atoms with Crippen LogP contribution in [0.15, 0.2) is 45.8 Å². The lowest BCUT2D eigenvalue weighted by Crippen LogP contribution is -2.55. The van der Waals surface area contributed by atoms with Gasteiger partial charge < -0.3 is 39.8 Å². The minimum Gasteiger partial charge on any atom is -0.508 e. The number of ether oxygens (including phenoxy) is 1. The number of rotatable bonds is 5. The Bertz CT molecular complexity index is 1310. The number of phenols is 2. The van der Waals surface area contributed by atoms with Gasteiger partial charge in [-0.1, -0.05) is 6.07 Å². The summed E-state index contributed by atoms with van der Waals surface area (Å²) in [7, 11) is 0. The number of aliphatic hydroxyl groups excluding tert-OH is 4. The summed E-state index contributed by atoms with van der Waals surface area (Å²) in [5.41, 5.74) is 0.967. The van der Waals surface area contributed by atoms with Crippen LogP contribution in [0, 0.1) is 0 Å². The SMILES string of the molecule is O=c1c(-c2ccc(O)c(CN3CCCC3)c2)coc2c([C@@H]3O[C@H](CO)[C@@H](O)[C@H](O)[C@H]3O)c(O)ccc12. The van der Waals surface area contributed by atoms with Crippen LogP contribution in [-0.4, -0.2) is 79.7 Å². The summed E-state index contributed by atoms with van der Waals surface area (Å²) in [6, 6.07) is 7.57. The molecule has 10 heteroatoms. The molecule has 192 valence electrons. The fourth-order valence-electron chi connectivity index (χ4n) is 5.09. The van der Waals surface area contributed by atoms with Crippen molar-refractivity contribution in [3.63, 3.8) is 0 Å². The Kier molecular flexibility index (Phi) is 6.73. The highest BCUT2D eigenvalue weighted by Gasteiger charge is 2.45. The Morgan fingerprint density at radius 3 is 2.39 bits per heavy atom. The van der Waals surface area contributed by atoms with E-state index in [0.717, 1.165) is 25.9 Å². The average molecular weight is 500 g/mol. The van der Waals surface area contributed by atoms with Gasteiger partial charge in [-0.15, -0.1) is 0 Å². The van der Waals surface area contributed by atoms with Gasteiger partial charge in [0.25, 0.3) is 0 Å². The van der Waals surface area contributed by atoms with E-state index < -0.39 is 42.6 Å². The number of phenolic OH excluding ortho intramolecular Hbond substituents is 2. The molecule has 5 rings (SSSR count). The zero-order valence-corrected chi connectivity index (χ0v) is 19.4. The molecule has 0 bridgehead atoms. The van der Waals surface area contributed by atoms with Crippen molar-refractivity contribution in [3.8, 4) is 22.6 Å². The van der Waals surface area contributed by atoms with Crippen LogP contribution in [0.5, 0.6) is 11.5 Å². The maximum Gasteiger partial charge on any atom is 0.200 e. The van der Waals surface area contributed by atoms with Crippen LogP contribution in [0.4, 0.5) is 0 Å². The van der Waals surface area contributed by atoms with E-state index in [-0.39, 0.29) is 33.6 Å². The summed E-state index contributed by atoms with van der Waals surface area (Å²) in [4.78, 5) is 15.7. The predicted molar refractivity (Wildman–Crippen MR) is 128 cm³/mol. The van der Waals surface area contributed by atoms with E-state index in [2.05, 4.69) is 4.90 Å². The Morgan fingerprint density at radius 1 is 0.944 bits per heavy atom. The van der Waals surface area contributed by atoms with Crippen LogP contribution >= 0.6 is 0 Å². The molecule has 6 N–H and O–H groups in total. The predicted octanol–water partition coefficient (Wildman–Crippen LogP) is 0.982. The van der Waals surface area contributed by atoms with E-state index in [0.29, 0.717) is 17.7 Å². The number of benzene rings is 2. The number of fused-ring (bicyclic) bond motifs is 1. The van der Waals surface area contributed by atoms with Crippen LogP contribution in [0.25, 0.3) is 22.1 Å². The molecule has 0 amide bonds. The van der Waals surface area contributed by atoms with Gasteiger partial charge in [0.15, 0.2) is 0 Å². The molecule has 2 aliphatic rings. The van der Waals surface area contributed by atoms with Gasteiger partial charge in [-0.25, -0.2) is 0 Å². The van der Waals surface area contributed by atoms with Crippen molar-refractivity contribution in [2.75, 3.05) is 19.7 Å². The van der Waals surface area contributed by atoms with Crippen molar-refractivity contribution >= 4 is 11.0 Å². The van der Waals surface area contributed by atoms with Gasteiger partial charge in [-0.3, -0.25) is 9.69 Å². The summed E-state index contributed by atoms with van der Waals surface area (Å²) in [5, 5.41) is 61.4. The van der Waals surface area contributed by atoms with Gasteiger partial charge in [-0.05, 0) is 55.8 Å². The second-order valence-electron chi connectivity index (χ2n) is 9.43. The number of hydrogen-bond acceptors (Lipinski definition) is 10. The van der Waals surface area contributed by atoms with Crippen LogP contribution in [0.2, 0.25) is 0 Å². The molecular formula is C26H29NO9. The van der Waals surface area contributed by atoms with Crippen LogP contribution in [-0.2, 0) is 11.3 Å². The lowest BCUT2D eigenvalue weighted by atomic mass is 9.89. The summed E-state index contributed by atoms with van der Waals surface area (Å²) in [6.45, 7) is 1.83. The minimum atomic E-state index is -1.66. The third-order valence-electron chi connectivity index (χ3n) is 7.12. The van der Waals surface area contributed by atoms with E-state index in [1.807, 2.05) is 0 Å². The van der Waals surface area contributed by atoms with E-state index in [1.54, 1.807) is 18.2 Å². The van der Waals surface area contributed by atoms with Crippen molar-refractivity contribution in [3.05, 3.63) is 57.9 Å². The minimum absolute atomic E-state index is 0.0517. The largest absolute Gasteiger partial charge is 0.508 e. The van der Waals surface area contributed by atoms with Crippen molar-refractivity contribution in [2.45, 2.75) is 49.9 Å². The van der Waals surface area contributed by atoms with E-state index in [1.165, 1.54) is 18.4 Å². The van der Waals surface area contributed by atoms with Crippen molar-refractivity contribution in [1.82, 2.24) is 4.90 Å². The first kappa shape index (κ1) is 24.7. The molecule has 3 heterocycles. The molecule has 0 saturated carbocycles. The normalized spacial score (nSPS) is 27.1. The molecule has 2 aromatic carbocycles. The number of aromatic hydroxyl groups is 2. The molecule has 5 atom stereocenters. The molecule has 0 spiro atoms. The summed E-state index contributed by atoms with van der Waals surface area (Å²) >= 11 is 0. The quantitative estimate of drug-likeness (QED) is 0.298. The topological polar surface area (TPSA) is 164 Å². The summed E-state index contributed by atoms with van der Waals surface area (Å²) < 4.78 is 11.4. The summed E-state index contributed by atoms with van der Waals surface area (Å²) in [5.74, 6) is -0.203.